The van der Waals surface area contributed by atoms with Crippen LogP contribution < -0.4 is 0 Å². The molecule has 1 aromatic rings. The molecule has 1 aromatic heterocycles. The van der Waals surface area contributed by atoms with E-state index in [9.17, 15) is 0 Å². The molecule has 0 atom stereocenters. The molecule has 0 saturated heterocycles. The van der Waals surface area contributed by atoms with E-state index in [1.165, 1.54) is 12.8 Å². The zero-order chi connectivity index (χ0) is 9.26. The van der Waals surface area contributed by atoms with Crippen molar-refractivity contribution < 1.29 is 0 Å². The Labute approximate surface area is 79.2 Å². The lowest BCUT2D eigenvalue weighted by atomic mass is 9.69. The summed E-state index contributed by atoms with van der Waals surface area (Å²) < 4.78 is 1.95. The monoisotopic (exact) mass is 179 g/mol. The van der Waals surface area contributed by atoms with Gasteiger partial charge in [0.25, 0.3) is 0 Å². The van der Waals surface area contributed by atoms with Crippen molar-refractivity contribution in [2.24, 2.45) is 17.8 Å². The maximum Gasteiger partial charge on any atom is 0.137 e. The molecule has 0 amide bonds. The van der Waals surface area contributed by atoms with Crippen LogP contribution in [-0.2, 0) is 6.54 Å². The highest BCUT2D eigenvalue weighted by molar-refractivity contribution is 4.81. The molecule has 13 heavy (non-hydrogen) atoms. The first-order valence-electron chi connectivity index (χ1n) is 5.08. The second kappa shape index (κ2) is 3.48. The third kappa shape index (κ3) is 1.90. The summed E-state index contributed by atoms with van der Waals surface area (Å²) >= 11 is 0. The zero-order valence-electron chi connectivity index (χ0n) is 8.35. The van der Waals surface area contributed by atoms with Gasteiger partial charge >= 0.3 is 0 Å². The molecule has 72 valence electrons. The van der Waals surface area contributed by atoms with Crippen molar-refractivity contribution in [1.29, 1.82) is 0 Å². The molecule has 2 rings (SSSR count). The third-order valence-corrected chi connectivity index (χ3v) is 3.13. The summed E-state index contributed by atoms with van der Waals surface area (Å²) in [6, 6.07) is 0. The zero-order valence-corrected chi connectivity index (χ0v) is 8.35. The van der Waals surface area contributed by atoms with Crippen LogP contribution in [0.5, 0.6) is 0 Å². The van der Waals surface area contributed by atoms with Gasteiger partial charge in [0.1, 0.15) is 12.7 Å². The van der Waals surface area contributed by atoms with Gasteiger partial charge in [0, 0.05) is 6.54 Å². The largest absolute Gasteiger partial charge is 0.253 e. The van der Waals surface area contributed by atoms with E-state index in [4.69, 9.17) is 0 Å². The number of aromatic nitrogens is 3. The first-order valence-corrected chi connectivity index (χ1v) is 5.08. The predicted molar refractivity (Wildman–Crippen MR) is 51.1 cm³/mol. The molecule has 0 aromatic carbocycles. The molecule has 0 unspecified atom stereocenters. The van der Waals surface area contributed by atoms with Crippen LogP contribution >= 0.6 is 0 Å². The van der Waals surface area contributed by atoms with Gasteiger partial charge in [-0.15, -0.1) is 0 Å². The molecule has 1 saturated carbocycles. The summed E-state index contributed by atoms with van der Waals surface area (Å²) in [5.41, 5.74) is 0. The molecule has 1 aliphatic rings. The Bertz CT molecular complexity index is 247. The standard InChI is InChI=1S/C10H17N3/c1-8(2)10-3-9(4-10)5-13-7-11-6-12-13/h6-10H,3-5H2,1-2H3. The fourth-order valence-electron chi connectivity index (χ4n) is 2.07. The van der Waals surface area contributed by atoms with Gasteiger partial charge in [-0.3, -0.25) is 4.68 Å². The lowest BCUT2D eigenvalue weighted by molar-refractivity contribution is 0.122. The van der Waals surface area contributed by atoms with Crippen molar-refractivity contribution in [3.05, 3.63) is 12.7 Å². The van der Waals surface area contributed by atoms with E-state index < -0.39 is 0 Å². The first kappa shape index (κ1) is 8.73. The van der Waals surface area contributed by atoms with Crippen LogP contribution in [0.3, 0.4) is 0 Å². The number of nitrogens with zero attached hydrogens (tertiary/aromatic N) is 3. The summed E-state index contributed by atoms with van der Waals surface area (Å²) in [6.07, 6.45) is 6.16. The van der Waals surface area contributed by atoms with Crippen LogP contribution in [-0.4, -0.2) is 14.8 Å². The highest BCUT2D eigenvalue weighted by atomic mass is 15.3. The third-order valence-electron chi connectivity index (χ3n) is 3.13. The van der Waals surface area contributed by atoms with Crippen LogP contribution in [0.1, 0.15) is 26.7 Å². The minimum atomic E-state index is 0.842. The fourth-order valence-corrected chi connectivity index (χ4v) is 2.07. The van der Waals surface area contributed by atoms with Crippen LogP contribution in [0.2, 0.25) is 0 Å². The van der Waals surface area contributed by atoms with Crippen LogP contribution in [0.15, 0.2) is 12.7 Å². The second-order valence-corrected chi connectivity index (χ2v) is 4.46. The maximum atomic E-state index is 4.11. The average molecular weight is 179 g/mol. The van der Waals surface area contributed by atoms with E-state index in [0.717, 1.165) is 24.3 Å². The highest BCUT2D eigenvalue weighted by Gasteiger charge is 2.31. The summed E-state index contributed by atoms with van der Waals surface area (Å²) in [5.74, 6) is 2.65. The Balaban J connectivity index is 1.76. The number of hydrogen-bond donors (Lipinski definition) is 0. The summed E-state index contributed by atoms with van der Waals surface area (Å²) in [5, 5.41) is 4.11. The normalized spacial score (nSPS) is 27.6. The van der Waals surface area contributed by atoms with Gasteiger partial charge in [-0.05, 0) is 30.6 Å². The van der Waals surface area contributed by atoms with Crippen molar-refractivity contribution in [3.8, 4) is 0 Å². The van der Waals surface area contributed by atoms with Gasteiger partial charge in [-0.2, -0.15) is 5.10 Å². The molecular weight excluding hydrogens is 162 g/mol. The van der Waals surface area contributed by atoms with Gasteiger partial charge in [0.2, 0.25) is 0 Å². The summed E-state index contributed by atoms with van der Waals surface area (Å²) in [4.78, 5) is 3.94. The smallest absolute Gasteiger partial charge is 0.137 e. The van der Waals surface area contributed by atoms with Crippen molar-refractivity contribution in [2.45, 2.75) is 33.2 Å². The lowest BCUT2D eigenvalue weighted by Gasteiger charge is -2.37. The van der Waals surface area contributed by atoms with Gasteiger partial charge in [0.15, 0.2) is 0 Å². The molecule has 0 spiro atoms. The van der Waals surface area contributed by atoms with Crippen LogP contribution in [0.25, 0.3) is 0 Å². The Morgan fingerprint density at radius 3 is 2.77 bits per heavy atom. The SMILES string of the molecule is CC(C)C1CC(Cn2cncn2)C1. The Morgan fingerprint density at radius 2 is 2.23 bits per heavy atom. The number of hydrogen-bond acceptors (Lipinski definition) is 2. The summed E-state index contributed by atoms with van der Waals surface area (Å²) in [6.45, 7) is 5.69. The average Bonchev–Trinajstić information content (AvgIpc) is 2.46. The Kier molecular flexibility index (Phi) is 2.34. The molecule has 3 heteroatoms. The maximum absolute atomic E-state index is 4.11. The molecule has 0 radical (unpaired) electrons. The van der Waals surface area contributed by atoms with Crippen LogP contribution in [0.4, 0.5) is 0 Å². The quantitative estimate of drug-likeness (QED) is 0.710. The number of rotatable bonds is 3. The van der Waals surface area contributed by atoms with Crippen molar-refractivity contribution in [1.82, 2.24) is 14.8 Å². The molecule has 0 N–H and O–H groups in total. The van der Waals surface area contributed by atoms with E-state index in [0.29, 0.717) is 0 Å². The molecule has 1 fully saturated rings. The first-order chi connectivity index (χ1) is 6.25. The van der Waals surface area contributed by atoms with Gasteiger partial charge in [0.05, 0.1) is 0 Å². The lowest BCUT2D eigenvalue weighted by Crippen LogP contribution is -2.30. The van der Waals surface area contributed by atoms with Crippen molar-refractivity contribution >= 4 is 0 Å². The topological polar surface area (TPSA) is 30.7 Å². The second-order valence-electron chi connectivity index (χ2n) is 4.46. The van der Waals surface area contributed by atoms with E-state index in [2.05, 4.69) is 23.9 Å². The molecule has 3 nitrogen and oxygen atoms in total. The van der Waals surface area contributed by atoms with Gasteiger partial charge in [-0.25, -0.2) is 4.98 Å². The van der Waals surface area contributed by atoms with Crippen LogP contribution in [0, 0.1) is 17.8 Å². The molecular formula is C10H17N3. The minimum Gasteiger partial charge on any atom is -0.253 e. The molecule has 1 heterocycles. The van der Waals surface area contributed by atoms with E-state index >= 15 is 0 Å². The fraction of sp³-hybridized carbons (Fsp3) is 0.800. The van der Waals surface area contributed by atoms with E-state index in [-0.39, 0.29) is 0 Å². The molecule has 1 aliphatic carbocycles. The molecule has 0 bridgehead atoms. The van der Waals surface area contributed by atoms with E-state index in [1.54, 1.807) is 6.33 Å². The van der Waals surface area contributed by atoms with Crippen molar-refractivity contribution in [3.63, 3.8) is 0 Å². The Hall–Kier alpha value is -0.860. The Morgan fingerprint density at radius 1 is 1.46 bits per heavy atom. The predicted octanol–water partition coefficient (Wildman–Crippen LogP) is 1.96. The van der Waals surface area contributed by atoms with Crippen molar-refractivity contribution in [2.75, 3.05) is 0 Å². The van der Waals surface area contributed by atoms with E-state index in [1.807, 2.05) is 11.0 Å². The molecule has 0 aliphatic heterocycles. The summed E-state index contributed by atoms with van der Waals surface area (Å²) in [7, 11) is 0. The highest BCUT2D eigenvalue weighted by Crippen LogP contribution is 2.39. The van der Waals surface area contributed by atoms with Gasteiger partial charge < -0.3 is 0 Å². The minimum absolute atomic E-state index is 0.842. The van der Waals surface area contributed by atoms with Gasteiger partial charge in [-0.1, -0.05) is 13.8 Å².